The van der Waals surface area contributed by atoms with Gasteiger partial charge in [-0.15, -0.1) is 11.3 Å². The smallest absolute Gasteiger partial charge is 0.306 e. The monoisotopic (exact) mass is 785 g/mol. The summed E-state index contributed by atoms with van der Waals surface area (Å²) in [6.07, 6.45) is 4.21. The van der Waals surface area contributed by atoms with Gasteiger partial charge in [-0.05, 0) is 61.6 Å². The molecular weight excluding hydrogens is 721 g/mol. The highest BCUT2D eigenvalue weighted by Gasteiger charge is 2.37. The molecule has 0 spiro atoms. The van der Waals surface area contributed by atoms with Crippen molar-refractivity contribution in [2.75, 3.05) is 25.9 Å². The topological polar surface area (TPSA) is 184 Å². The standard InChI is InChI=1S/C41H64N6O7S/c1-10-20-47(40(51)37(27(5)11-2)45-36(49)15-13-12-14-21-46(8)9)34(26(3)4)24-35(54-29(7)48)39-44-33(25-55-39)38(50)43-32(22-28(6)41(52)53)23-30-16-18-31(42)19-17-30/h16-19,25-28,32,34-35,37H,8,10-15,20-24,42H2,1-7,9H3,(H2-,43,45,49,50,52,53)/p+1/t27-,28-,32+,34+,35+,37-/m0/s1. The Morgan fingerprint density at radius 2 is 1.69 bits per heavy atom. The molecule has 55 heavy (non-hydrogen) atoms. The summed E-state index contributed by atoms with van der Waals surface area (Å²) in [6, 6.07) is 5.58. The van der Waals surface area contributed by atoms with Gasteiger partial charge < -0.3 is 31.1 Å². The number of hydrogen-bond acceptors (Lipinski definition) is 9. The number of esters is 1. The SMILES string of the molecule is C=[N+](C)CCCCCC(=O)N[C@H](C(=O)N(CCC)[C@H](C[C@@H](OC(C)=O)c1nc(C(=O)N[C@@H](Cc2ccc(N)cc2)C[C@H](C)C(=O)O)cs1)C(C)C)[C@@H](C)CC. The Kier molecular flexibility index (Phi) is 20.1. The second-order valence-electron chi connectivity index (χ2n) is 15.2. The fourth-order valence-corrected chi connectivity index (χ4v) is 7.31. The quantitative estimate of drug-likeness (QED) is 0.0315. The number of aromatic nitrogens is 1. The van der Waals surface area contributed by atoms with Crippen molar-refractivity contribution in [3.63, 3.8) is 0 Å². The van der Waals surface area contributed by atoms with Gasteiger partial charge in [0.05, 0.1) is 5.92 Å². The minimum absolute atomic E-state index is 0.0546. The highest BCUT2D eigenvalue weighted by atomic mass is 32.1. The first-order valence-electron chi connectivity index (χ1n) is 19.6. The Hall–Kier alpha value is -4.33. The molecule has 14 heteroatoms. The maximum absolute atomic E-state index is 14.5. The summed E-state index contributed by atoms with van der Waals surface area (Å²) >= 11 is 1.18. The Morgan fingerprint density at radius 3 is 2.25 bits per heavy atom. The van der Waals surface area contributed by atoms with E-state index in [0.717, 1.165) is 31.4 Å². The maximum Gasteiger partial charge on any atom is 0.306 e. The molecule has 3 amide bonds. The number of aliphatic carboxylic acids is 1. The van der Waals surface area contributed by atoms with E-state index in [2.05, 4.69) is 22.3 Å². The van der Waals surface area contributed by atoms with Crippen LogP contribution < -0.4 is 16.4 Å². The number of nitrogens with one attached hydrogen (secondary N) is 2. The molecule has 13 nitrogen and oxygen atoms in total. The Morgan fingerprint density at radius 1 is 1.02 bits per heavy atom. The number of ether oxygens (including phenoxy) is 1. The lowest BCUT2D eigenvalue weighted by atomic mass is 9.92. The van der Waals surface area contributed by atoms with Crippen LogP contribution in [0.2, 0.25) is 0 Å². The van der Waals surface area contributed by atoms with Crippen LogP contribution in [0.15, 0.2) is 29.6 Å². The molecule has 1 aromatic carbocycles. The number of benzene rings is 1. The number of hydrogen-bond donors (Lipinski definition) is 4. The van der Waals surface area contributed by atoms with Gasteiger partial charge in [0.15, 0.2) is 6.10 Å². The highest BCUT2D eigenvalue weighted by molar-refractivity contribution is 7.09. The van der Waals surface area contributed by atoms with Crippen LogP contribution in [0.25, 0.3) is 0 Å². The van der Waals surface area contributed by atoms with E-state index < -0.39 is 42.0 Å². The van der Waals surface area contributed by atoms with E-state index in [4.69, 9.17) is 10.5 Å². The minimum Gasteiger partial charge on any atom is -0.481 e. The van der Waals surface area contributed by atoms with Crippen molar-refractivity contribution in [1.29, 1.82) is 0 Å². The van der Waals surface area contributed by atoms with Crippen molar-refractivity contribution in [2.24, 2.45) is 17.8 Å². The number of unbranched alkanes of at least 4 members (excludes halogenated alkanes) is 2. The molecule has 6 atom stereocenters. The summed E-state index contributed by atoms with van der Waals surface area (Å²) in [5.41, 5.74) is 7.44. The molecule has 0 aliphatic heterocycles. The van der Waals surface area contributed by atoms with E-state index in [0.29, 0.717) is 42.9 Å². The molecule has 0 aliphatic rings. The molecule has 0 saturated carbocycles. The molecule has 5 N–H and O–H groups in total. The Bertz CT molecular complexity index is 1560. The molecule has 1 aromatic heterocycles. The predicted molar refractivity (Wildman–Crippen MR) is 217 cm³/mol. The Balaban J connectivity index is 2.34. The minimum atomic E-state index is -0.964. The normalized spacial score (nSPS) is 14.6. The van der Waals surface area contributed by atoms with Gasteiger partial charge in [-0.25, -0.2) is 9.56 Å². The zero-order valence-electron chi connectivity index (χ0n) is 34.1. The molecule has 0 unspecified atom stereocenters. The van der Waals surface area contributed by atoms with Crippen LogP contribution in [-0.4, -0.2) is 94.2 Å². The number of anilines is 1. The third-order valence-electron chi connectivity index (χ3n) is 9.81. The van der Waals surface area contributed by atoms with Crippen LogP contribution in [0.1, 0.15) is 127 Å². The number of carboxylic acids is 1. The lowest BCUT2D eigenvalue weighted by Crippen LogP contribution is -2.55. The molecular formula is C41H65N6O7S+. The molecule has 1 heterocycles. The van der Waals surface area contributed by atoms with Crippen molar-refractivity contribution in [3.8, 4) is 0 Å². The number of carboxylic acid groups (broad SMARTS) is 1. The summed E-state index contributed by atoms with van der Waals surface area (Å²) in [6.45, 7) is 18.0. The van der Waals surface area contributed by atoms with Crippen LogP contribution in [0, 0.1) is 17.8 Å². The molecule has 0 bridgehead atoms. The first-order chi connectivity index (χ1) is 26.0. The van der Waals surface area contributed by atoms with Crippen LogP contribution in [0.4, 0.5) is 5.69 Å². The van der Waals surface area contributed by atoms with Gasteiger partial charge in [-0.1, -0.05) is 60.1 Å². The number of nitrogen functional groups attached to an aromatic ring is 1. The van der Waals surface area contributed by atoms with Crippen LogP contribution in [-0.2, 0) is 30.3 Å². The molecule has 0 saturated heterocycles. The zero-order chi connectivity index (χ0) is 41.2. The fourth-order valence-electron chi connectivity index (χ4n) is 6.47. The highest BCUT2D eigenvalue weighted by Crippen LogP contribution is 2.32. The number of carbonyl (C=O) groups excluding carboxylic acids is 4. The first-order valence-corrected chi connectivity index (χ1v) is 20.5. The summed E-state index contributed by atoms with van der Waals surface area (Å²) in [7, 11) is 1.92. The number of carbonyl (C=O) groups is 5. The number of nitrogens with zero attached hydrogens (tertiary/aromatic N) is 3. The second-order valence-corrected chi connectivity index (χ2v) is 16.0. The van der Waals surface area contributed by atoms with Gasteiger partial charge in [0.2, 0.25) is 11.8 Å². The van der Waals surface area contributed by atoms with Crippen LogP contribution >= 0.6 is 11.3 Å². The van der Waals surface area contributed by atoms with Crippen molar-refractivity contribution >= 4 is 53.4 Å². The van der Waals surface area contributed by atoms with Gasteiger partial charge >= 0.3 is 11.9 Å². The van der Waals surface area contributed by atoms with Crippen molar-refractivity contribution in [2.45, 2.75) is 130 Å². The zero-order valence-corrected chi connectivity index (χ0v) is 35.0. The largest absolute Gasteiger partial charge is 0.481 e. The average Bonchev–Trinajstić information content (AvgIpc) is 3.62. The molecule has 0 radical (unpaired) electrons. The maximum atomic E-state index is 14.5. The number of thiazole rings is 1. The van der Waals surface area contributed by atoms with Gasteiger partial charge in [-0.3, -0.25) is 24.0 Å². The van der Waals surface area contributed by atoms with Crippen molar-refractivity contribution < 1.29 is 38.4 Å². The van der Waals surface area contributed by atoms with Gasteiger partial charge in [0, 0.05) is 55.9 Å². The fraction of sp³-hybridized carbons (Fsp3) is 0.634. The van der Waals surface area contributed by atoms with Crippen LogP contribution in [0.3, 0.4) is 0 Å². The van der Waals surface area contributed by atoms with Crippen molar-refractivity contribution in [3.05, 3.63) is 45.9 Å². The Labute approximate surface area is 331 Å². The third-order valence-corrected chi connectivity index (χ3v) is 10.7. The molecule has 0 aliphatic carbocycles. The summed E-state index contributed by atoms with van der Waals surface area (Å²) < 4.78 is 7.70. The van der Waals surface area contributed by atoms with Crippen molar-refractivity contribution in [1.82, 2.24) is 20.5 Å². The van der Waals surface area contributed by atoms with E-state index in [1.165, 1.54) is 18.3 Å². The average molecular weight is 786 g/mol. The summed E-state index contributed by atoms with van der Waals surface area (Å²) in [5, 5.41) is 17.6. The number of nitrogens with two attached hydrogens (primary N) is 1. The van der Waals surface area contributed by atoms with Gasteiger partial charge in [0.1, 0.15) is 37.1 Å². The van der Waals surface area contributed by atoms with E-state index >= 15 is 0 Å². The second kappa shape index (κ2) is 23.6. The lowest BCUT2D eigenvalue weighted by molar-refractivity contribution is -0.488. The molecule has 2 rings (SSSR count). The van der Waals surface area contributed by atoms with E-state index in [-0.39, 0.29) is 48.2 Å². The van der Waals surface area contributed by atoms with E-state index in [1.807, 2.05) is 63.3 Å². The first kappa shape index (κ1) is 46.8. The molecule has 306 valence electrons. The number of rotatable bonds is 25. The van der Waals surface area contributed by atoms with Crippen LogP contribution in [0.5, 0.6) is 0 Å². The number of amides is 3. The molecule has 0 fully saturated rings. The van der Waals surface area contributed by atoms with E-state index in [1.54, 1.807) is 24.4 Å². The summed E-state index contributed by atoms with van der Waals surface area (Å²) in [4.78, 5) is 71.7. The molecule has 2 aromatic rings. The van der Waals surface area contributed by atoms with E-state index in [9.17, 15) is 29.1 Å². The third kappa shape index (κ3) is 16.1. The van der Waals surface area contributed by atoms with Gasteiger partial charge in [-0.2, -0.15) is 0 Å². The summed E-state index contributed by atoms with van der Waals surface area (Å²) in [5.74, 6) is -3.18. The lowest BCUT2D eigenvalue weighted by Gasteiger charge is -2.39. The predicted octanol–water partition coefficient (Wildman–Crippen LogP) is 5.87. The van der Waals surface area contributed by atoms with Gasteiger partial charge in [0.25, 0.3) is 5.91 Å².